The molecule has 0 saturated carbocycles. The van der Waals surface area contributed by atoms with Crippen molar-refractivity contribution >= 4 is 47.3 Å². The molecule has 2 atom stereocenters. The fraction of sp³-hybridized carbons (Fsp3) is 0.733. The van der Waals surface area contributed by atoms with E-state index in [-0.39, 0.29) is 56.2 Å². The molecule has 1 aromatic carbocycles. The van der Waals surface area contributed by atoms with E-state index >= 15 is 0 Å². The number of amides is 2. The third-order valence-corrected chi connectivity index (χ3v) is 12.7. The zero-order valence-electron chi connectivity index (χ0n) is 26.6. The van der Waals surface area contributed by atoms with Crippen LogP contribution in [0.4, 0.5) is 4.79 Å². The molecule has 0 aromatic heterocycles. The van der Waals surface area contributed by atoms with Gasteiger partial charge in [-0.25, -0.2) is 4.79 Å². The summed E-state index contributed by atoms with van der Waals surface area (Å²) in [5, 5.41) is 3.20. The van der Waals surface area contributed by atoms with E-state index in [4.69, 9.17) is 9.16 Å². The average molecular weight is 629 g/mol. The Kier molecular flexibility index (Phi) is 14.7. The van der Waals surface area contributed by atoms with Crippen molar-refractivity contribution in [3.05, 3.63) is 35.9 Å². The van der Waals surface area contributed by atoms with E-state index in [1.54, 1.807) is 0 Å². The van der Waals surface area contributed by atoms with Crippen LogP contribution in [0.2, 0.25) is 18.1 Å². The summed E-state index contributed by atoms with van der Waals surface area (Å²) in [6.07, 6.45) is 1.15. The maximum absolute atomic E-state index is 13.0. The molecule has 0 bridgehead atoms. The molecular formula is C30H56N4O4S2Si. The molecule has 2 unspecified atom stereocenters. The average Bonchev–Trinajstić information content (AvgIpc) is 3.21. The number of ether oxygens (including phenoxy) is 1. The Morgan fingerprint density at radius 2 is 1.54 bits per heavy atom. The zero-order valence-corrected chi connectivity index (χ0v) is 29.6. The Morgan fingerprint density at radius 1 is 0.951 bits per heavy atom. The van der Waals surface area contributed by atoms with Crippen molar-refractivity contribution in [2.24, 2.45) is 0 Å². The summed E-state index contributed by atoms with van der Waals surface area (Å²) in [6, 6.07) is 10.5. The van der Waals surface area contributed by atoms with E-state index in [9.17, 15) is 9.59 Å². The topological polar surface area (TPSA) is 74.3 Å². The second-order valence-electron chi connectivity index (χ2n) is 13.7. The van der Waals surface area contributed by atoms with Gasteiger partial charge >= 0.3 is 6.09 Å². The first kappa shape index (κ1) is 37.8. The normalized spacial score (nSPS) is 20.6. The third kappa shape index (κ3) is 12.1. The van der Waals surface area contributed by atoms with Crippen LogP contribution in [0.15, 0.2) is 30.3 Å². The molecule has 2 amide bonds. The molecule has 2 aliphatic rings. The van der Waals surface area contributed by atoms with Crippen LogP contribution in [0.25, 0.3) is 0 Å². The van der Waals surface area contributed by atoms with Crippen molar-refractivity contribution in [1.29, 1.82) is 0 Å². The molecule has 1 aromatic rings. The minimum atomic E-state index is -1.97. The van der Waals surface area contributed by atoms with Gasteiger partial charge in [0.15, 0.2) is 8.32 Å². The summed E-state index contributed by atoms with van der Waals surface area (Å²) >= 11 is 0. The molecule has 11 heteroatoms. The van der Waals surface area contributed by atoms with Gasteiger partial charge in [-0.2, -0.15) is 27.0 Å². The number of likely N-dealkylation sites (tertiary alicyclic amines) is 1. The number of hydrogen-bond donors (Lipinski definition) is 1. The monoisotopic (exact) mass is 628 g/mol. The molecule has 2 fully saturated rings. The minimum absolute atomic E-state index is 0. The molecule has 2 saturated heterocycles. The fourth-order valence-corrected chi connectivity index (χ4v) is 6.31. The lowest BCUT2D eigenvalue weighted by atomic mass is 10.1. The molecule has 8 nitrogen and oxygen atoms in total. The number of nitrogens with one attached hydrogen (secondary N) is 1. The first-order valence-electron chi connectivity index (χ1n) is 14.6. The van der Waals surface area contributed by atoms with Crippen LogP contribution in [0.3, 0.4) is 0 Å². The lowest BCUT2D eigenvalue weighted by Crippen LogP contribution is -2.49. The van der Waals surface area contributed by atoms with Crippen molar-refractivity contribution in [3.63, 3.8) is 0 Å². The van der Waals surface area contributed by atoms with Crippen molar-refractivity contribution in [1.82, 2.24) is 20.0 Å². The van der Waals surface area contributed by atoms with E-state index < -0.39 is 13.9 Å². The van der Waals surface area contributed by atoms with Gasteiger partial charge in [-0.15, -0.1) is 0 Å². The predicted octanol–water partition coefficient (Wildman–Crippen LogP) is 4.94. The molecular weight excluding hydrogens is 573 g/mol. The van der Waals surface area contributed by atoms with E-state index in [1.165, 1.54) is 5.56 Å². The van der Waals surface area contributed by atoms with Gasteiger partial charge in [0.2, 0.25) is 5.91 Å². The number of rotatable bonds is 9. The number of piperazine rings is 1. The summed E-state index contributed by atoms with van der Waals surface area (Å²) < 4.78 is 12.4. The molecule has 2 heterocycles. The first-order chi connectivity index (χ1) is 18.1. The Balaban J connectivity index is 0.00000420. The van der Waals surface area contributed by atoms with Crippen LogP contribution in [0.5, 0.6) is 0 Å². The van der Waals surface area contributed by atoms with Crippen LogP contribution in [0.1, 0.15) is 59.9 Å². The maximum Gasteiger partial charge on any atom is 0.410 e. The summed E-state index contributed by atoms with van der Waals surface area (Å²) in [6.45, 7) is 23.0. The molecule has 41 heavy (non-hydrogen) atoms. The van der Waals surface area contributed by atoms with E-state index in [0.717, 1.165) is 39.1 Å². The van der Waals surface area contributed by atoms with Crippen molar-refractivity contribution in [3.8, 4) is 0 Å². The Hall–Kier alpha value is -1.24. The second kappa shape index (κ2) is 16.0. The Labute approximate surface area is 263 Å². The summed E-state index contributed by atoms with van der Waals surface area (Å²) in [5.41, 5.74) is 0.771. The van der Waals surface area contributed by atoms with Crippen molar-refractivity contribution < 1.29 is 18.8 Å². The lowest BCUT2D eigenvalue weighted by Gasteiger charge is -2.38. The summed E-state index contributed by atoms with van der Waals surface area (Å²) in [5.74, 6) is 0.0439. The van der Waals surface area contributed by atoms with Crippen LogP contribution in [-0.2, 0) is 20.5 Å². The Morgan fingerprint density at radius 3 is 2.10 bits per heavy atom. The van der Waals surface area contributed by atoms with Gasteiger partial charge in [0.25, 0.3) is 0 Å². The predicted molar refractivity (Wildman–Crippen MR) is 180 cm³/mol. The molecule has 3 rings (SSSR count). The lowest BCUT2D eigenvalue weighted by molar-refractivity contribution is -0.122. The van der Waals surface area contributed by atoms with Gasteiger partial charge in [0.1, 0.15) is 5.60 Å². The number of nitrogens with zero attached hydrogens (tertiary/aromatic N) is 3. The van der Waals surface area contributed by atoms with Gasteiger partial charge in [-0.05, 0) is 57.3 Å². The highest BCUT2D eigenvalue weighted by molar-refractivity contribution is 7.59. The van der Waals surface area contributed by atoms with Crippen molar-refractivity contribution in [2.45, 2.75) is 96.8 Å². The summed E-state index contributed by atoms with van der Waals surface area (Å²) in [4.78, 5) is 32.3. The van der Waals surface area contributed by atoms with Crippen LogP contribution in [0, 0.1) is 0 Å². The Bertz CT molecular complexity index is 948. The number of hydrogen-bond acceptors (Lipinski definition) is 6. The number of carbonyl (C=O) groups is 2. The highest BCUT2D eigenvalue weighted by atomic mass is 32.1. The standard InChI is InChI=1S/C30H52N4O4Si.2H2S/c1-29(2,3)37-28(36)34-22-26(38-39(7,8)30(4,5)6)20-25(34)14-15-31-27(35)23-33-18-16-32(17-19-33)21-24-12-10-9-11-13-24;;/h9-13,25-26H,14-23H2,1-8H3,(H,31,35);2*1H2. The highest BCUT2D eigenvalue weighted by Gasteiger charge is 2.44. The smallest absolute Gasteiger partial charge is 0.410 e. The van der Waals surface area contributed by atoms with Gasteiger partial charge in [-0.1, -0.05) is 51.1 Å². The highest BCUT2D eigenvalue weighted by Crippen LogP contribution is 2.39. The SMILES string of the molecule is CC(C)(C)OC(=O)N1CC(O[Si](C)(C)C(C)(C)C)CC1CCNC(=O)CN1CCN(Cc2ccccc2)CC1.S.S. The van der Waals surface area contributed by atoms with Crippen molar-refractivity contribution in [2.75, 3.05) is 45.8 Å². The minimum Gasteiger partial charge on any atom is -0.444 e. The largest absolute Gasteiger partial charge is 0.444 e. The zero-order chi connectivity index (χ0) is 28.8. The molecule has 236 valence electrons. The molecule has 1 N–H and O–H groups in total. The van der Waals surface area contributed by atoms with Crippen LogP contribution in [-0.4, -0.2) is 98.6 Å². The molecule has 0 radical (unpaired) electrons. The molecule has 0 aliphatic carbocycles. The quantitative estimate of drug-likeness (QED) is 0.391. The maximum atomic E-state index is 13.0. The number of carbonyl (C=O) groups excluding carboxylic acids is 2. The third-order valence-electron chi connectivity index (χ3n) is 8.15. The fourth-order valence-electron chi connectivity index (χ4n) is 4.95. The van der Waals surface area contributed by atoms with Gasteiger partial charge in [-0.3, -0.25) is 14.6 Å². The van der Waals surface area contributed by atoms with Crippen LogP contribution < -0.4 is 5.32 Å². The van der Waals surface area contributed by atoms with Gasteiger partial charge in [0.05, 0.1) is 12.6 Å². The molecule has 0 spiro atoms. The number of benzene rings is 1. The van der Waals surface area contributed by atoms with E-state index in [2.05, 4.69) is 73.2 Å². The molecule has 2 aliphatic heterocycles. The first-order valence-corrected chi connectivity index (χ1v) is 17.5. The second-order valence-corrected chi connectivity index (χ2v) is 18.5. The van der Waals surface area contributed by atoms with Crippen LogP contribution >= 0.6 is 27.0 Å². The van der Waals surface area contributed by atoms with E-state index in [0.29, 0.717) is 26.1 Å². The van der Waals surface area contributed by atoms with Gasteiger partial charge < -0.3 is 19.4 Å². The summed E-state index contributed by atoms with van der Waals surface area (Å²) in [7, 11) is -1.97. The van der Waals surface area contributed by atoms with E-state index in [1.807, 2.05) is 31.7 Å². The van der Waals surface area contributed by atoms with Gasteiger partial charge in [0, 0.05) is 51.9 Å².